The molecule has 0 atom stereocenters. The highest BCUT2D eigenvalue weighted by Crippen LogP contribution is 2.24. The molecule has 0 unspecified atom stereocenters. The molecule has 14 heavy (non-hydrogen) atoms. The van der Waals surface area contributed by atoms with Gasteiger partial charge in [0.2, 0.25) is 0 Å². The summed E-state index contributed by atoms with van der Waals surface area (Å²) in [6.45, 7) is 0. The molecular weight excluding hydrogens is 180 g/mol. The lowest BCUT2D eigenvalue weighted by atomic mass is 10.3. The zero-order chi connectivity index (χ0) is 9.80. The highest BCUT2D eigenvalue weighted by Gasteiger charge is 2.00. The molecule has 0 aliphatic heterocycles. The topological polar surface area (TPSA) is 31.6 Å². The molecule has 2 aromatic rings. The van der Waals surface area contributed by atoms with E-state index in [0.717, 1.165) is 5.75 Å². The highest BCUT2D eigenvalue weighted by atomic mass is 16.6. The van der Waals surface area contributed by atoms with Crippen LogP contribution in [0.4, 0.5) is 0 Å². The van der Waals surface area contributed by atoms with E-state index >= 15 is 0 Å². The van der Waals surface area contributed by atoms with Crippen LogP contribution in [-0.4, -0.2) is 7.11 Å². The Morgan fingerprint density at radius 2 is 1.93 bits per heavy atom. The van der Waals surface area contributed by atoms with Gasteiger partial charge in [-0.25, -0.2) is 0 Å². The van der Waals surface area contributed by atoms with Crippen molar-refractivity contribution in [2.45, 2.75) is 0 Å². The van der Waals surface area contributed by atoms with Gasteiger partial charge in [-0.15, -0.1) is 0 Å². The molecule has 0 saturated heterocycles. The summed E-state index contributed by atoms with van der Waals surface area (Å²) in [4.78, 5) is 0. The molecule has 2 rings (SSSR count). The van der Waals surface area contributed by atoms with Crippen LogP contribution >= 0.6 is 0 Å². The fourth-order valence-corrected chi connectivity index (χ4v) is 1.10. The minimum Gasteiger partial charge on any atom is -0.497 e. The van der Waals surface area contributed by atoms with Crippen molar-refractivity contribution in [2.75, 3.05) is 7.11 Å². The van der Waals surface area contributed by atoms with Crippen LogP contribution < -0.4 is 9.47 Å². The largest absolute Gasteiger partial charge is 0.497 e. The van der Waals surface area contributed by atoms with E-state index in [0.29, 0.717) is 11.7 Å². The third-order valence-corrected chi connectivity index (χ3v) is 1.75. The average Bonchev–Trinajstić information content (AvgIpc) is 2.71. The van der Waals surface area contributed by atoms with Crippen molar-refractivity contribution in [3.8, 4) is 17.4 Å². The Labute approximate surface area is 81.9 Å². The minimum atomic E-state index is 0.471. The maximum absolute atomic E-state index is 5.41. The van der Waals surface area contributed by atoms with Crippen LogP contribution in [0.2, 0.25) is 0 Å². The van der Waals surface area contributed by atoms with Gasteiger partial charge in [-0.2, -0.15) is 0 Å². The number of rotatable bonds is 3. The summed E-state index contributed by atoms with van der Waals surface area (Å²) in [5, 5.41) is 0. The maximum Gasteiger partial charge on any atom is 0.289 e. The van der Waals surface area contributed by atoms with Gasteiger partial charge >= 0.3 is 0 Å². The predicted molar refractivity (Wildman–Crippen MR) is 51.8 cm³/mol. The second-order valence-corrected chi connectivity index (χ2v) is 2.71. The predicted octanol–water partition coefficient (Wildman–Crippen LogP) is 3.08. The van der Waals surface area contributed by atoms with Gasteiger partial charge in [0.25, 0.3) is 5.95 Å². The first kappa shape index (κ1) is 8.69. The zero-order valence-electron chi connectivity index (χ0n) is 7.77. The normalized spacial score (nSPS) is 9.79. The third kappa shape index (κ3) is 1.88. The van der Waals surface area contributed by atoms with E-state index in [4.69, 9.17) is 13.9 Å². The lowest BCUT2D eigenvalue weighted by molar-refractivity contribution is 0.343. The van der Waals surface area contributed by atoms with Crippen molar-refractivity contribution < 1.29 is 13.9 Å². The minimum absolute atomic E-state index is 0.471. The molecule has 0 aliphatic rings. The Morgan fingerprint density at radius 1 is 1.07 bits per heavy atom. The van der Waals surface area contributed by atoms with Crippen LogP contribution in [0.1, 0.15) is 0 Å². The molecule has 1 aromatic carbocycles. The summed E-state index contributed by atoms with van der Waals surface area (Å²) in [6, 6.07) is 10.9. The lowest BCUT2D eigenvalue weighted by Gasteiger charge is -2.03. The van der Waals surface area contributed by atoms with E-state index in [2.05, 4.69) is 0 Å². The molecular formula is C11H10O3. The van der Waals surface area contributed by atoms with Crippen molar-refractivity contribution in [1.29, 1.82) is 0 Å². The molecule has 0 spiro atoms. The first-order chi connectivity index (χ1) is 6.88. The van der Waals surface area contributed by atoms with E-state index in [1.165, 1.54) is 0 Å². The summed E-state index contributed by atoms with van der Waals surface area (Å²) in [7, 11) is 1.62. The van der Waals surface area contributed by atoms with Crippen molar-refractivity contribution in [3.63, 3.8) is 0 Å². The van der Waals surface area contributed by atoms with Crippen molar-refractivity contribution >= 4 is 0 Å². The van der Waals surface area contributed by atoms with Crippen LogP contribution in [0.15, 0.2) is 47.1 Å². The van der Waals surface area contributed by atoms with Crippen molar-refractivity contribution in [2.24, 2.45) is 0 Å². The van der Waals surface area contributed by atoms with Crippen molar-refractivity contribution in [3.05, 3.63) is 42.7 Å². The van der Waals surface area contributed by atoms with E-state index in [9.17, 15) is 0 Å². The molecule has 1 heterocycles. The number of ether oxygens (including phenoxy) is 2. The lowest BCUT2D eigenvalue weighted by Crippen LogP contribution is -1.84. The second kappa shape index (κ2) is 3.87. The number of furan rings is 1. The quantitative estimate of drug-likeness (QED) is 0.745. The van der Waals surface area contributed by atoms with Crippen LogP contribution in [0.5, 0.6) is 17.4 Å². The maximum atomic E-state index is 5.41. The molecule has 0 aliphatic carbocycles. The first-order valence-electron chi connectivity index (χ1n) is 4.24. The fourth-order valence-electron chi connectivity index (χ4n) is 1.10. The Kier molecular flexibility index (Phi) is 2.40. The van der Waals surface area contributed by atoms with Gasteiger partial charge in [0.05, 0.1) is 13.4 Å². The number of hydrogen-bond acceptors (Lipinski definition) is 3. The molecule has 3 nitrogen and oxygen atoms in total. The molecule has 0 N–H and O–H groups in total. The summed E-state index contributed by atoms with van der Waals surface area (Å²) in [6.07, 6.45) is 1.56. The smallest absolute Gasteiger partial charge is 0.289 e. The van der Waals surface area contributed by atoms with Gasteiger partial charge in [0, 0.05) is 12.1 Å². The van der Waals surface area contributed by atoms with E-state index < -0.39 is 0 Å². The Balaban J connectivity index is 2.17. The standard InChI is InChI=1S/C11H10O3/c1-12-9-4-2-5-10(8-9)14-11-6-3-7-13-11/h2-8H,1H3. The van der Waals surface area contributed by atoms with Gasteiger partial charge in [0.1, 0.15) is 11.5 Å². The van der Waals surface area contributed by atoms with Crippen LogP contribution in [0.3, 0.4) is 0 Å². The van der Waals surface area contributed by atoms with Gasteiger partial charge < -0.3 is 13.9 Å². The first-order valence-corrected chi connectivity index (χ1v) is 4.24. The van der Waals surface area contributed by atoms with E-state index in [1.807, 2.05) is 18.2 Å². The molecule has 0 radical (unpaired) electrons. The molecule has 0 saturated carbocycles. The van der Waals surface area contributed by atoms with Gasteiger partial charge in [-0.3, -0.25) is 0 Å². The van der Waals surface area contributed by atoms with Crippen molar-refractivity contribution in [1.82, 2.24) is 0 Å². The van der Waals surface area contributed by atoms with Gasteiger partial charge in [-0.1, -0.05) is 6.07 Å². The number of methoxy groups -OCH3 is 1. The second-order valence-electron chi connectivity index (χ2n) is 2.71. The van der Waals surface area contributed by atoms with E-state index in [1.54, 1.807) is 31.6 Å². The molecule has 0 amide bonds. The number of hydrogen-bond donors (Lipinski definition) is 0. The molecule has 0 bridgehead atoms. The SMILES string of the molecule is COc1cccc(Oc2ccco2)c1. The summed E-state index contributed by atoms with van der Waals surface area (Å²) < 4.78 is 15.5. The molecule has 72 valence electrons. The zero-order valence-corrected chi connectivity index (χ0v) is 7.77. The molecule has 3 heteroatoms. The Hall–Kier alpha value is -1.90. The molecule has 0 fully saturated rings. The van der Waals surface area contributed by atoms with Crippen LogP contribution in [-0.2, 0) is 0 Å². The number of benzene rings is 1. The van der Waals surface area contributed by atoms with Crippen LogP contribution in [0.25, 0.3) is 0 Å². The van der Waals surface area contributed by atoms with E-state index in [-0.39, 0.29) is 0 Å². The monoisotopic (exact) mass is 190 g/mol. The third-order valence-electron chi connectivity index (χ3n) is 1.75. The Morgan fingerprint density at radius 3 is 2.64 bits per heavy atom. The summed E-state index contributed by atoms with van der Waals surface area (Å²) in [5.41, 5.74) is 0. The van der Waals surface area contributed by atoms with Crippen LogP contribution in [0, 0.1) is 0 Å². The fraction of sp³-hybridized carbons (Fsp3) is 0.0909. The van der Waals surface area contributed by atoms with Gasteiger partial charge in [-0.05, 0) is 18.2 Å². The van der Waals surface area contributed by atoms with Gasteiger partial charge in [0.15, 0.2) is 0 Å². The highest BCUT2D eigenvalue weighted by molar-refractivity contribution is 5.34. The summed E-state index contributed by atoms with van der Waals surface area (Å²) >= 11 is 0. The summed E-state index contributed by atoms with van der Waals surface area (Å²) in [5.74, 6) is 1.92. The average molecular weight is 190 g/mol. The Bertz CT molecular complexity index is 393. The molecule has 1 aromatic heterocycles.